The molecule has 1 rings (SSSR count). The molecule has 0 saturated heterocycles. The Labute approximate surface area is 113 Å². The maximum Gasteiger partial charge on any atom is 0.416 e. The average Bonchev–Trinajstić information content (AvgIpc) is 2.24. The van der Waals surface area contributed by atoms with E-state index in [2.05, 4.69) is 21.2 Å². The van der Waals surface area contributed by atoms with Crippen molar-refractivity contribution in [2.45, 2.75) is 25.6 Å². The first-order chi connectivity index (χ1) is 8.32. The second-order valence-electron chi connectivity index (χ2n) is 4.05. The highest BCUT2D eigenvalue weighted by Gasteiger charge is 2.31. The average molecular weight is 326 g/mol. The Kier molecular flexibility index (Phi) is 5.47. The van der Waals surface area contributed by atoms with Crippen molar-refractivity contribution < 1.29 is 17.9 Å². The molecule has 1 N–H and O–H groups in total. The lowest BCUT2D eigenvalue weighted by atomic mass is 10.1. The molecule has 0 amide bonds. The number of anilines is 1. The van der Waals surface area contributed by atoms with Gasteiger partial charge in [0.1, 0.15) is 0 Å². The minimum Gasteiger partial charge on any atom is -0.385 e. The third-order valence-corrected chi connectivity index (χ3v) is 2.85. The smallest absolute Gasteiger partial charge is 0.385 e. The molecule has 6 heteroatoms. The number of hydrogen-bond acceptors (Lipinski definition) is 2. The zero-order valence-corrected chi connectivity index (χ0v) is 11.7. The number of halogens is 4. The van der Waals surface area contributed by atoms with Crippen molar-refractivity contribution in [1.82, 2.24) is 0 Å². The third kappa shape index (κ3) is 4.86. The molecule has 0 aromatic heterocycles. The first kappa shape index (κ1) is 15.3. The first-order valence-corrected chi connectivity index (χ1v) is 6.25. The van der Waals surface area contributed by atoms with Crippen LogP contribution in [-0.4, -0.2) is 19.8 Å². The summed E-state index contributed by atoms with van der Waals surface area (Å²) in [5, 5.41) is 3.02. The van der Waals surface area contributed by atoms with Crippen molar-refractivity contribution in [3.63, 3.8) is 0 Å². The van der Waals surface area contributed by atoms with E-state index in [1.54, 1.807) is 13.2 Å². The van der Waals surface area contributed by atoms with E-state index in [0.29, 0.717) is 16.8 Å². The Bertz CT molecular complexity index is 395. The van der Waals surface area contributed by atoms with Gasteiger partial charge in [0.2, 0.25) is 0 Å². The van der Waals surface area contributed by atoms with Crippen LogP contribution in [0.2, 0.25) is 0 Å². The third-order valence-electron chi connectivity index (χ3n) is 2.39. The molecule has 18 heavy (non-hydrogen) atoms. The second-order valence-corrected chi connectivity index (χ2v) is 4.97. The zero-order chi connectivity index (χ0) is 13.8. The van der Waals surface area contributed by atoms with E-state index in [1.165, 1.54) is 0 Å². The van der Waals surface area contributed by atoms with Crippen LogP contribution in [0.5, 0.6) is 0 Å². The molecule has 0 aliphatic rings. The van der Waals surface area contributed by atoms with E-state index in [4.69, 9.17) is 4.74 Å². The largest absolute Gasteiger partial charge is 0.416 e. The molecule has 0 bridgehead atoms. The Balaban J connectivity index is 2.80. The molecular weight excluding hydrogens is 311 g/mol. The van der Waals surface area contributed by atoms with E-state index < -0.39 is 11.7 Å². The van der Waals surface area contributed by atoms with Gasteiger partial charge < -0.3 is 10.1 Å². The highest BCUT2D eigenvalue weighted by molar-refractivity contribution is 9.10. The summed E-state index contributed by atoms with van der Waals surface area (Å²) >= 11 is 3.08. The number of ether oxygens (including phenoxy) is 1. The van der Waals surface area contributed by atoms with Crippen molar-refractivity contribution >= 4 is 21.6 Å². The Hall–Kier alpha value is -0.750. The van der Waals surface area contributed by atoms with Gasteiger partial charge in [0.25, 0.3) is 0 Å². The second kappa shape index (κ2) is 6.43. The molecule has 0 spiro atoms. The molecule has 102 valence electrons. The Morgan fingerprint density at radius 1 is 1.33 bits per heavy atom. The molecule has 0 saturated carbocycles. The summed E-state index contributed by atoms with van der Waals surface area (Å²) in [7, 11) is 1.59. The molecule has 2 nitrogen and oxygen atoms in total. The quantitative estimate of drug-likeness (QED) is 0.871. The topological polar surface area (TPSA) is 21.3 Å². The van der Waals surface area contributed by atoms with Gasteiger partial charge in [-0.05, 0) is 31.5 Å². The van der Waals surface area contributed by atoms with E-state index in [1.807, 2.05) is 6.92 Å². The van der Waals surface area contributed by atoms with Crippen LogP contribution < -0.4 is 5.32 Å². The van der Waals surface area contributed by atoms with Gasteiger partial charge in [0, 0.05) is 29.9 Å². The van der Waals surface area contributed by atoms with Gasteiger partial charge in [-0.15, -0.1) is 0 Å². The molecule has 0 aliphatic heterocycles. The fraction of sp³-hybridized carbons (Fsp3) is 0.500. The predicted molar refractivity (Wildman–Crippen MR) is 68.7 cm³/mol. The lowest BCUT2D eigenvalue weighted by Gasteiger charge is -2.16. The summed E-state index contributed by atoms with van der Waals surface area (Å²) in [5.41, 5.74) is -0.224. The fourth-order valence-corrected chi connectivity index (χ4v) is 1.98. The van der Waals surface area contributed by atoms with Crippen LogP contribution in [0.15, 0.2) is 22.7 Å². The van der Waals surface area contributed by atoms with Crippen LogP contribution in [0.1, 0.15) is 18.9 Å². The summed E-state index contributed by atoms with van der Waals surface area (Å²) in [4.78, 5) is 0. The normalized spacial score (nSPS) is 13.4. The maximum atomic E-state index is 12.6. The minimum absolute atomic E-state index is 0.0420. The van der Waals surface area contributed by atoms with Crippen LogP contribution in [-0.2, 0) is 10.9 Å². The molecule has 1 aromatic carbocycles. The summed E-state index contributed by atoms with van der Waals surface area (Å²) in [6, 6.07) is 3.83. The Morgan fingerprint density at radius 2 is 2.00 bits per heavy atom. The fourth-order valence-electron chi connectivity index (χ4n) is 1.49. The number of rotatable bonds is 5. The molecule has 1 atom stereocenters. The number of nitrogens with one attached hydrogen (secondary N) is 1. The van der Waals surface area contributed by atoms with Gasteiger partial charge in [-0.1, -0.05) is 15.9 Å². The van der Waals surface area contributed by atoms with Gasteiger partial charge in [0.15, 0.2) is 0 Å². The molecule has 0 aliphatic carbocycles. The van der Waals surface area contributed by atoms with E-state index in [0.717, 1.165) is 18.6 Å². The lowest BCUT2D eigenvalue weighted by Crippen LogP contribution is -2.17. The van der Waals surface area contributed by atoms with Gasteiger partial charge in [-0.3, -0.25) is 0 Å². The van der Waals surface area contributed by atoms with Crippen LogP contribution >= 0.6 is 15.9 Å². The van der Waals surface area contributed by atoms with Gasteiger partial charge in [-0.2, -0.15) is 13.2 Å². The highest BCUT2D eigenvalue weighted by atomic mass is 79.9. The van der Waals surface area contributed by atoms with Crippen molar-refractivity contribution in [2.24, 2.45) is 0 Å². The first-order valence-electron chi connectivity index (χ1n) is 5.46. The standard InChI is InChI=1S/C12H15BrF3NO/c1-8(3-4-18-2)17-11-6-9(12(14,15)16)5-10(13)7-11/h5-8,17H,3-4H2,1-2H3. The number of alkyl halides is 3. The molecule has 0 fully saturated rings. The number of methoxy groups -OCH3 is 1. The SMILES string of the molecule is COCCC(C)Nc1cc(Br)cc(C(F)(F)F)c1. The summed E-state index contributed by atoms with van der Waals surface area (Å²) in [5.74, 6) is 0. The molecule has 0 heterocycles. The predicted octanol–water partition coefficient (Wildman–Crippen LogP) is 4.30. The highest BCUT2D eigenvalue weighted by Crippen LogP contribution is 2.33. The van der Waals surface area contributed by atoms with E-state index >= 15 is 0 Å². The molecule has 1 unspecified atom stereocenters. The molecular formula is C12H15BrF3NO. The number of benzene rings is 1. The van der Waals surface area contributed by atoms with Crippen molar-refractivity contribution in [3.05, 3.63) is 28.2 Å². The number of hydrogen-bond donors (Lipinski definition) is 1. The zero-order valence-electron chi connectivity index (χ0n) is 10.1. The monoisotopic (exact) mass is 325 g/mol. The minimum atomic E-state index is -4.34. The molecule has 0 radical (unpaired) electrons. The van der Waals surface area contributed by atoms with Crippen LogP contribution in [0.4, 0.5) is 18.9 Å². The van der Waals surface area contributed by atoms with Gasteiger partial charge in [0.05, 0.1) is 5.56 Å². The summed E-state index contributed by atoms with van der Waals surface area (Å²) in [6.07, 6.45) is -3.61. The molecule has 1 aromatic rings. The van der Waals surface area contributed by atoms with Crippen molar-refractivity contribution in [2.75, 3.05) is 19.0 Å². The lowest BCUT2D eigenvalue weighted by molar-refractivity contribution is -0.137. The Morgan fingerprint density at radius 3 is 2.56 bits per heavy atom. The van der Waals surface area contributed by atoms with Crippen LogP contribution in [0, 0.1) is 0 Å². The van der Waals surface area contributed by atoms with E-state index in [9.17, 15) is 13.2 Å². The van der Waals surface area contributed by atoms with E-state index in [-0.39, 0.29) is 6.04 Å². The van der Waals surface area contributed by atoms with Crippen LogP contribution in [0.3, 0.4) is 0 Å². The van der Waals surface area contributed by atoms with Gasteiger partial charge >= 0.3 is 6.18 Å². The van der Waals surface area contributed by atoms with Crippen LogP contribution in [0.25, 0.3) is 0 Å². The van der Waals surface area contributed by atoms with Gasteiger partial charge in [-0.25, -0.2) is 0 Å². The maximum absolute atomic E-state index is 12.6. The summed E-state index contributed by atoms with van der Waals surface area (Å²) in [6.45, 7) is 2.46. The van der Waals surface area contributed by atoms with Crippen molar-refractivity contribution in [1.29, 1.82) is 0 Å². The van der Waals surface area contributed by atoms with Crippen molar-refractivity contribution in [3.8, 4) is 0 Å². The summed E-state index contributed by atoms with van der Waals surface area (Å²) < 4.78 is 43.2.